The molecule has 4 N–H and O–H groups in total. The first kappa shape index (κ1) is 27.5. The van der Waals surface area contributed by atoms with Gasteiger partial charge in [0.05, 0.1) is 0 Å². The van der Waals surface area contributed by atoms with Crippen molar-refractivity contribution in [2.24, 2.45) is 0 Å². The van der Waals surface area contributed by atoms with E-state index in [2.05, 4.69) is 60.3 Å². The summed E-state index contributed by atoms with van der Waals surface area (Å²) in [5, 5.41) is 40.1. The first-order chi connectivity index (χ1) is 19.3. The Bertz CT molecular complexity index is 1550. The number of phenolic OH excluding ortho intramolecular Hbond substituents is 4. The molecule has 2 heterocycles. The molecule has 0 amide bonds. The van der Waals surface area contributed by atoms with E-state index in [0.29, 0.717) is 12.1 Å². The molecule has 0 spiro atoms. The number of phenols is 4. The zero-order valence-corrected chi connectivity index (χ0v) is 24.1. The number of rotatable bonds is 0. The van der Waals surface area contributed by atoms with Crippen molar-refractivity contribution in [3.05, 3.63) is 94.0 Å². The number of fused-ring (bicyclic) bond motifs is 4. The summed E-state index contributed by atoms with van der Waals surface area (Å²) in [6.45, 7) is 2.14. The summed E-state index contributed by atoms with van der Waals surface area (Å²) in [5.74, 6) is -0.0434. The summed E-state index contributed by atoms with van der Waals surface area (Å²) in [7, 11) is 4.32. The Morgan fingerprint density at radius 3 is 1.39 bits per heavy atom. The zero-order chi connectivity index (χ0) is 27.7. The number of hydrogen-bond donors (Lipinski definition) is 4. The van der Waals surface area contributed by atoms with Gasteiger partial charge in [-0.15, -0.1) is 12.4 Å². The van der Waals surface area contributed by atoms with Crippen molar-refractivity contribution < 1.29 is 20.4 Å². The molecule has 0 unspecified atom stereocenters. The second-order valence-electron chi connectivity index (χ2n) is 11.6. The summed E-state index contributed by atoms with van der Waals surface area (Å²) in [5.41, 5.74) is 11.4. The lowest BCUT2D eigenvalue weighted by atomic mass is 9.77. The van der Waals surface area contributed by atoms with Crippen molar-refractivity contribution in [1.29, 1.82) is 0 Å². The fourth-order valence-electron chi connectivity index (χ4n) is 7.35. The first-order valence-electron chi connectivity index (χ1n) is 14.1. The van der Waals surface area contributed by atoms with E-state index >= 15 is 0 Å². The number of hydrogen-bond acceptors (Lipinski definition) is 6. The summed E-state index contributed by atoms with van der Waals surface area (Å²) in [6.07, 6.45) is 3.88. The van der Waals surface area contributed by atoms with Gasteiger partial charge in [0.2, 0.25) is 0 Å². The predicted octanol–water partition coefficient (Wildman–Crippen LogP) is 6.12. The molecule has 41 heavy (non-hydrogen) atoms. The molecule has 4 aromatic carbocycles. The monoisotopic (exact) mass is 570 g/mol. The molecule has 212 valence electrons. The highest BCUT2D eigenvalue weighted by Crippen LogP contribution is 2.51. The lowest BCUT2D eigenvalue weighted by Crippen LogP contribution is -2.35. The largest absolute Gasteiger partial charge is 0.504 e. The van der Waals surface area contributed by atoms with Gasteiger partial charge < -0.3 is 20.4 Å². The molecule has 8 rings (SSSR count). The van der Waals surface area contributed by atoms with Crippen molar-refractivity contribution in [2.75, 3.05) is 27.2 Å². The average Bonchev–Trinajstić information content (AvgIpc) is 2.96. The van der Waals surface area contributed by atoms with E-state index in [9.17, 15) is 20.4 Å². The normalized spacial score (nSPS) is 19.9. The van der Waals surface area contributed by atoms with Gasteiger partial charge in [-0.1, -0.05) is 48.5 Å². The summed E-state index contributed by atoms with van der Waals surface area (Å²) >= 11 is 0. The molecule has 2 aliphatic heterocycles. The molecule has 0 bridgehead atoms. The second kappa shape index (κ2) is 10.3. The van der Waals surface area contributed by atoms with Gasteiger partial charge in [0, 0.05) is 36.3 Å². The molecule has 0 fully saturated rings. The number of benzene rings is 4. The van der Waals surface area contributed by atoms with Crippen LogP contribution in [0.2, 0.25) is 0 Å². The molecular weight excluding hydrogens is 536 g/mol. The minimum absolute atomic E-state index is 0. The number of likely N-dealkylation sites (N-methyl/N-ethyl adjacent to an activating group) is 2. The van der Waals surface area contributed by atoms with Crippen LogP contribution in [0.4, 0.5) is 0 Å². The van der Waals surface area contributed by atoms with Gasteiger partial charge in [0.15, 0.2) is 23.0 Å². The van der Waals surface area contributed by atoms with Crippen LogP contribution < -0.4 is 0 Å². The molecule has 4 aromatic rings. The second-order valence-corrected chi connectivity index (χ2v) is 11.6. The smallest absolute Gasteiger partial charge is 0.165 e. The van der Waals surface area contributed by atoms with Crippen molar-refractivity contribution >= 4 is 12.4 Å². The Hall–Kier alpha value is -3.71. The minimum Gasteiger partial charge on any atom is -0.504 e. The van der Waals surface area contributed by atoms with Gasteiger partial charge in [-0.2, -0.15) is 0 Å². The van der Waals surface area contributed by atoms with Crippen molar-refractivity contribution in [3.63, 3.8) is 0 Å². The third kappa shape index (κ3) is 4.24. The summed E-state index contributed by atoms with van der Waals surface area (Å²) in [4.78, 5) is 4.78. The van der Waals surface area contributed by atoms with Gasteiger partial charge in [0.1, 0.15) is 0 Å². The number of aromatic hydroxyl groups is 4. The fourth-order valence-corrected chi connectivity index (χ4v) is 7.35. The van der Waals surface area contributed by atoms with E-state index in [0.717, 1.165) is 72.2 Å². The number of halogens is 1. The molecule has 2 atom stereocenters. The topological polar surface area (TPSA) is 87.4 Å². The van der Waals surface area contributed by atoms with Crippen LogP contribution in [0.1, 0.15) is 45.5 Å². The highest BCUT2D eigenvalue weighted by atomic mass is 35.5. The van der Waals surface area contributed by atoms with Crippen LogP contribution in [-0.4, -0.2) is 57.4 Å². The Balaban J connectivity index is 0.000000144. The minimum atomic E-state index is -0.0380. The highest BCUT2D eigenvalue weighted by molar-refractivity contribution is 5.85. The number of nitrogens with zero attached hydrogens (tertiary/aromatic N) is 2. The molecule has 0 radical (unpaired) electrons. The van der Waals surface area contributed by atoms with Gasteiger partial charge in [-0.3, -0.25) is 9.80 Å². The van der Waals surface area contributed by atoms with Crippen LogP contribution in [0.25, 0.3) is 22.3 Å². The molecule has 7 heteroatoms. The van der Waals surface area contributed by atoms with Crippen LogP contribution in [0.3, 0.4) is 0 Å². The third-order valence-corrected chi connectivity index (χ3v) is 9.44. The molecule has 2 aliphatic carbocycles. The average molecular weight is 571 g/mol. The van der Waals surface area contributed by atoms with Crippen LogP contribution >= 0.6 is 12.4 Å². The van der Waals surface area contributed by atoms with Crippen molar-refractivity contribution in [1.82, 2.24) is 9.80 Å². The van der Waals surface area contributed by atoms with E-state index < -0.39 is 0 Å². The Morgan fingerprint density at radius 2 is 0.976 bits per heavy atom. The quantitative estimate of drug-likeness (QED) is 0.191. The molecule has 6 nitrogen and oxygen atoms in total. The fraction of sp³-hybridized carbons (Fsp3) is 0.294. The Kier molecular flexibility index (Phi) is 6.89. The first-order valence-corrected chi connectivity index (χ1v) is 14.1. The van der Waals surface area contributed by atoms with Crippen molar-refractivity contribution in [3.8, 4) is 45.3 Å². The molecular formula is C34H35ClN2O4. The Morgan fingerprint density at radius 1 is 0.561 bits per heavy atom. The van der Waals surface area contributed by atoms with E-state index in [-0.39, 0.29) is 35.4 Å². The molecule has 0 aromatic heterocycles. The third-order valence-electron chi connectivity index (χ3n) is 9.44. The van der Waals surface area contributed by atoms with E-state index in [1.54, 1.807) is 12.1 Å². The maximum absolute atomic E-state index is 10.3. The lowest BCUT2D eigenvalue weighted by Gasteiger charge is -2.39. The lowest BCUT2D eigenvalue weighted by molar-refractivity contribution is 0.228. The SMILES string of the molecule is CN1CCc2cccc3c2[C@H]1Cc1ccc(O)c(O)c1-3.CN1CCc2cccc3c2[C@H]1Cc1ccc(O)c(O)c1-3.Cl. The van der Waals surface area contributed by atoms with E-state index in [1.807, 2.05) is 12.1 Å². The summed E-state index contributed by atoms with van der Waals surface area (Å²) < 4.78 is 0. The predicted molar refractivity (Wildman–Crippen MR) is 163 cm³/mol. The maximum atomic E-state index is 10.3. The zero-order valence-electron chi connectivity index (χ0n) is 23.3. The van der Waals surface area contributed by atoms with Crippen LogP contribution in [0.5, 0.6) is 23.0 Å². The summed E-state index contributed by atoms with van der Waals surface area (Å²) in [6, 6.07) is 20.4. The van der Waals surface area contributed by atoms with E-state index in [1.165, 1.54) is 22.3 Å². The highest BCUT2D eigenvalue weighted by Gasteiger charge is 2.35. The molecule has 4 aliphatic rings. The van der Waals surface area contributed by atoms with Crippen LogP contribution in [0.15, 0.2) is 60.7 Å². The van der Waals surface area contributed by atoms with E-state index in [4.69, 9.17) is 0 Å². The maximum Gasteiger partial charge on any atom is 0.165 e. The Labute approximate surface area is 246 Å². The van der Waals surface area contributed by atoms with Gasteiger partial charge in [0.25, 0.3) is 0 Å². The van der Waals surface area contributed by atoms with Crippen molar-refractivity contribution in [2.45, 2.75) is 37.8 Å². The molecule has 0 saturated carbocycles. The molecule has 0 saturated heterocycles. The van der Waals surface area contributed by atoms with Crippen LogP contribution in [-0.2, 0) is 25.7 Å². The van der Waals surface area contributed by atoms with Gasteiger partial charge >= 0.3 is 0 Å². The van der Waals surface area contributed by atoms with Gasteiger partial charge in [-0.05, 0) is 96.4 Å². The standard InChI is InChI=1S/2C17H17NO2.ClH/c2*1-18-8-7-10-3-2-4-12-15(10)13(18)9-11-5-6-14(19)17(20)16(11)12;/h2*2-6,13,19-20H,7-9H2,1H3;1H/t2*13-;/m11./s1. The van der Waals surface area contributed by atoms with Gasteiger partial charge in [-0.25, -0.2) is 0 Å². The van der Waals surface area contributed by atoms with Crippen LogP contribution in [0, 0.1) is 0 Å².